The van der Waals surface area contributed by atoms with Crippen LogP contribution in [0.2, 0.25) is 0 Å². The van der Waals surface area contributed by atoms with Gasteiger partial charge in [-0.15, -0.1) is 0 Å². The number of rotatable bonds is 4. The molecule has 5 nitrogen and oxygen atoms in total. The van der Waals surface area contributed by atoms with E-state index in [4.69, 9.17) is 0 Å². The number of nitrogens with one attached hydrogen (secondary N) is 1. The predicted molar refractivity (Wildman–Crippen MR) is 104 cm³/mol. The van der Waals surface area contributed by atoms with Gasteiger partial charge >= 0.3 is 0 Å². The lowest BCUT2D eigenvalue weighted by Gasteiger charge is -2.38. The van der Waals surface area contributed by atoms with Crippen molar-refractivity contribution in [1.82, 2.24) is 10.3 Å². The number of hydrogen-bond acceptors (Lipinski definition) is 4. The second-order valence-electron chi connectivity index (χ2n) is 7.30. The van der Waals surface area contributed by atoms with E-state index in [9.17, 15) is 15.0 Å². The molecule has 4 rings (SSSR count). The summed E-state index contributed by atoms with van der Waals surface area (Å²) in [5.41, 5.74) is 2.97. The topological polar surface area (TPSA) is 82.5 Å². The van der Waals surface area contributed by atoms with Gasteiger partial charge < -0.3 is 15.5 Å². The maximum absolute atomic E-state index is 12.8. The predicted octanol–water partition coefficient (Wildman–Crippen LogP) is 3.49. The van der Waals surface area contributed by atoms with Crippen LogP contribution in [0.25, 0.3) is 10.9 Å². The molecule has 0 saturated heterocycles. The lowest BCUT2D eigenvalue weighted by Crippen LogP contribution is -2.41. The molecule has 1 saturated carbocycles. The molecular formula is C22H22N2O3. The molecule has 1 aliphatic rings. The van der Waals surface area contributed by atoms with Crippen LogP contribution < -0.4 is 5.32 Å². The van der Waals surface area contributed by atoms with E-state index in [0.717, 1.165) is 22.0 Å². The number of para-hydroxylation sites is 1. The minimum Gasteiger partial charge on any atom is -0.508 e. The van der Waals surface area contributed by atoms with Crippen molar-refractivity contribution in [1.29, 1.82) is 0 Å². The zero-order valence-corrected chi connectivity index (χ0v) is 15.1. The summed E-state index contributed by atoms with van der Waals surface area (Å²) in [6.07, 6.45) is 2.78. The van der Waals surface area contributed by atoms with Gasteiger partial charge in [-0.2, -0.15) is 0 Å². The molecule has 1 aromatic heterocycles. The van der Waals surface area contributed by atoms with Crippen molar-refractivity contribution < 1.29 is 15.0 Å². The van der Waals surface area contributed by atoms with Gasteiger partial charge in [-0.1, -0.05) is 24.3 Å². The van der Waals surface area contributed by atoms with Crippen molar-refractivity contribution in [2.45, 2.75) is 31.9 Å². The van der Waals surface area contributed by atoms with E-state index in [1.54, 1.807) is 25.3 Å². The molecular weight excluding hydrogens is 340 g/mol. The Morgan fingerprint density at radius 2 is 1.96 bits per heavy atom. The normalized spacial score (nSPS) is 20.1. The number of phenolic OH excluding ortho intramolecular Hbond substituents is 1. The van der Waals surface area contributed by atoms with Gasteiger partial charge in [-0.05, 0) is 61.1 Å². The molecule has 3 aromatic rings. The van der Waals surface area contributed by atoms with E-state index < -0.39 is 0 Å². The molecule has 0 aliphatic heterocycles. The number of aliphatic hydroxyl groups excluding tert-OH is 1. The first kappa shape index (κ1) is 17.5. The number of fused-ring (bicyclic) bond motifs is 1. The molecule has 27 heavy (non-hydrogen) atoms. The number of nitrogens with zero attached hydrogens (tertiary/aromatic N) is 1. The molecule has 0 spiro atoms. The summed E-state index contributed by atoms with van der Waals surface area (Å²) in [7, 11) is 0. The van der Waals surface area contributed by atoms with Crippen LogP contribution in [-0.2, 0) is 0 Å². The molecule has 138 valence electrons. The van der Waals surface area contributed by atoms with Crippen molar-refractivity contribution in [3.63, 3.8) is 0 Å². The van der Waals surface area contributed by atoms with Crippen LogP contribution in [0.1, 0.15) is 40.4 Å². The maximum Gasteiger partial charge on any atom is 0.251 e. The molecule has 2 aromatic carbocycles. The van der Waals surface area contributed by atoms with Crippen LogP contribution in [0.5, 0.6) is 5.75 Å². The molecule has 1 unspecified atom stereocenters. The monoisotopic (exact) mass is 362 g/mol. The lowest BCUT2D eigenvalue weighted by atomic mass is 9.75. The number of aliphatic hydroxyl groups is 1. The number of carbonyl (C=O) groups is 1. The summed E-state index contributed by atoms with van der Waals surface area (Å²) in [6.45, 7) is 1.79. The summed E-state index contributed by atoms with van der Waals surface area (Å²) >= 11 is 0. The average molecular weight is 362 g/mol. The average Bonchev–Trinajstić information content (AvgIpc) is 2.65. The molecule has 1 atom stereocenters. The molecule has 3 N–H and O–H groups in total. The van der Waals surface area contributed by atoms with Crippen molar-refractivity contribution in [2.24, 2.45) is 5.92 Å². The largest absolute Gasteiger partial charge is 0.508 e. The van der Waals surface area contributed by atoms with E-state index in [0.29, 0.717) is 18.4 Å². The number of hydrogen-bond donors (Lipinski definition) is 3. The first-order valence-corrected chi connectivity index (χ1v) is 9.14. The van der Waals surface area contributed by atoms with Crippen molar-refractivity contribution in [2.75, 3.05) is 0 Å². The molecule has 1 amide bonds. The molecule has 0 bridgehead atoms. The summed E-state index contributed by atoms with van der Waals surface area (Å²) in [5.74, 6) is 0.0152. The quantitative estimate of drug-likeness (QED) is 0.663. The fourth-order valence-electron chi connectivity index (χ4n) is 3.61. The fraction of sp³-hybridized carbons (Fsp3) is 0.273. The third-order valence-corrected chi connectivity index (χ3v) is 5.35. The van der Waals surface area contributed by atoms with Crippen molar-refractivity contribution >= 4 is 16.8 Å². The van der Waals surface area contributed by atoms with Gasteiger partial charge in [-0.25, -0.2) is 0 Å². The van der Waals surface area contributed by atoms with Gasteiger partial charge in [0.1, 0.15) is 5.75 Å². The molecule has 0 radical (unpaired) electrons. The van der Waals surface area contributed by atoms with E-state index in [-0.39, 0.29) is 29.7 Å². The van der Waals surface area contributed by atoms with Gasteiger partial charge in [0, 0.05) is 17.1 Å². The number of aromatic nitrogens is 1. The van der Waals surface area contributed by atoms with Crippen LogP contribution >= 0.6 is 0 Å². The fourth-order valence-corrected chi connectivity index (χ4v) is 3.61. The van der Waals surface area contributed by atoms with Gasteiger partial charge in [-0.3, -0.25) is 9.78 Å². The molecule has 1 fully saturated rings. The summed E-state index contributed by atoms with van der Waals surface area (Å²) in [6, 6.07) is 14.6. The summed E-state index contributed by atoms with van der Waals surface area (Å²) < 4.78 is 0. The van der Waals surface area contributed by atoms with E-state index >= 15 is 0 Å². The first-order valence-electron chi connectivity index (χ1n) is 9.14. The number of pyridine rings is 1. The Balaban J connectivity index is 1.64. The second kappa shape index (κ2) is 7.00. The van der Waals surface area contributed by atoms with E-state index in [1.807, 2.05) is 30.3 Å². The SMILES string of the molecule is Cc1ccc(C(=O)NC(c2cnc3ccccc3c2)C2CC(O)C2)cc1O. The number of carbonyl (C=O) groups excluding carboxylic acids is 1. The van der Waals surface area contributed by atoms with Crippen LogP contribution in [0.3, 0.4) is 0 Å². The summed E-state index contributed by atoms with van der Waals surface area (Å²) in [5, 5.41) is 23.7. The zero-order chi connectivity index (χ0) is 19.0. The van der Waals surface area contributed by atoms with Crippen LogP contribution in [0.4, 0.5) is 0 Å². The number of amides is 1. The number of aromatic hydroxyl groups is 1. The second-order valence-corrected chi connectivity index (χ2v) is 7.30. The minimum absolute atomic E-state index is 0.102. The minimum atomic E-state index is -0.314. The molecule has 1 heterocycles. The van der Waals surface area contributed by atoms with E-state index in [2.05, 4.69) is 10.3 Å². The standard InChI is InChI=1S/C22H22N2O3/c1-13-6-7-15(11-20(13)26)22(27)24-21(16-9-18(25)10-16)17-8-14-4-2-3-5-19(14)23-12-17/h2-8,11-12,16,18,21,25-26H,9-10H2,1H3,(H,24,27). The van der Waals surface area contributed by atoms with Gasteiger partial charge in [0.05, 0.1) is 17.7 Å². The number of benzene rings is 2. The van der Waals surface area contributed by atoms with Crippen molar-refractivity contribution in [3.05, 3.63) is 71.4 Å². The Morgan fingerprint density at radius 3 is 2.70 bits per heavy atom. The smallest absolute Gasteiger partial charge is 0.251 e. The summed E-state index contributed by atoms with van der Waals surface area (Å²) in [4.78, 5) is 17.3. The maximum atomic E-state index is 12.8. The highest BCUT2D eigenvalue weighted by Crippen LogP contribution is 2.38. The van der Waals surface area contributed by atoms with Gasteiger partial charge in [0.2, 0.25) is 0 Å². The van der Waals surface area contributed by atoms with Crippen LogP contribution in [-0.4, -0.2) is 27.2 Å². The highest BCUT2D eigenvalue weighted by Gasteiger charge is 2.36. The van der Waals surface area contributed by atoms with Gasteiger partial charge in [0.15, 0.2) is 0 Å². The number of aryl methyl sites for hydroxylation is 1. The van der Waals surface area contributed by atoms with E-state index in [1.165, 1.54) is 6.07 Å². The zero-order valence-electron chi connectivity index (χ0n) is 15.1. The molecule has 1 aliphatic carbocycles. The molecule has 5 heteroatoms. The third kappa shape index (κ3) is 3.51. The van der Waals surface area contributed by atoms with Crippen molar-refractivity contribution in [3.8, 4) is 5.75 Å². The highest BCUT2D eigenvalue weighted by atomic mass is 16.3. The van der Waals surface area contributed by atoms with Gasteiger partial charge in [0.25, 0.3) is 5.91 Å². The number of phenols is 1. The van der Waals surface area contributed by atoms with Crippen LogP contribution in [0.15, 0.2) is 54.7 Å². The Labute approximate surface area is 157 Å². The highest BCUT2D eigenvalue weighted by molar-refractivity contribution is 5.95. The third-order valence-electron chi connectivity index (χ3n) is 5.35. The Bertz CT molecular complexity index is 996. The Morgan fingerprint density at radius 1 is 1.19 bits per heavy atom. The van der Waals surface area contributed by atoms with Crippen LogP contribution in [0, 0.1) is 12.8 Å². The first-order chi connectivity index (χ1) is 13.0. The Hall–Kier alpha value is -2.92. The Kier molecular flexibility index (Phi) is 4.54. The lowest BCUT2D eigenvalue weighted by molar-refractivity contribution is 0.0235.